The first-order valence-electron chi connectivity index (χ1n) is 8.71. The van der Waals surface area contributed by atoms with E-state index >= 15 is 0 Å². The van der Waals surface area contributed by atoms with E-state index in [2.05, 4.69) is 12.2 Å². The average Bonchev–Trinajstić information content (AvgIpc) is 2.94. The Morgan fingerprint density at radius 1 is 1.24 bits per heavy atom. The van der Waals surface area contributed by atoms with E-state index < -0.39 is 0 Å². The van der Waals surface area contributed by atoms with Crippen LogP contribution in [0.4, 0.5) is 0 Å². The number of benzene rings is 1. The van der Waals surface area contributed by atoms with Crippen molar-refractivity contribution in [2.24, 2.45) is 7.05 Å². The van der Waals surface area contributed by atoms with Crippen LogP contribution < -0.4 is 14.8 Å². The maximum atomic E-state index is 12.5. The summed E-state index contributed by atoms with van der Waals surface area (Å²) in [5.41, 5.74) is 2.67. The van der Waals surface area contributed by atoms with Gasteiger partial charge < -0.3 is 19.4 Å². The molecule has 1 amide bonds. The van der Waals surface area contributed by atoms with Gasteiger partial charge in [0.1, 0.15) is 5.69 Å². The maximum Gasteiger partial charge on any atom is 0.268 e. The Morgan fingerprint density at radius 3 is 2.60 bits per heavy atom. The molecule has 1 unspecified atom stereocenters. The van der Waals surface area contributed by atoms with Crippen LogP contribution in [0.5, 0.6) is 11.5 Å². The summed E-state index contributed by atoms with van der Waals surface area (Å²) in [5, 5.41) is 3.03. The summed E-state index contributed by atoms with van der Waals surface area (Å²) in [7, 11) is 3.52. The molecule has 1 heterocycles. The molecule has 2 aromatic rings. The van der Waals surface area contributed by atoms with Gasteiger partial charge in [-0.3, -0.25) is 4.79 Å². The number of carbonyl (C=O) groups excluding carboxylic acids is 1. The van der Waals surface area contributed by atoms with Crippen molar-refractivity contribution in [3.63, 3.8) is 0 Å². The van der Waals surface area contributed by atoms with Crippen LogP contribution in [0.15, 0.2) is 30.3 Å². The third-order valence-electron chi connectivity index (χ3n) is 4.40. The molecule has 0 aliphatic heterocycles. The molecule has 1 aromatic heterocycles. The number of rotatable bonds is 8. The first-order valence-corrected chi connectivity index (χ1v) is 8.71. The highest BCUT2D eigenvalue weighted by atomic mass is 16.5. The topological polar surface area (TPSA) is 52.5 Å². The van der Waals surface area contributed by atoms with Gasteiger partial charge in [-0.05, 0) is 50.1 Å². The molecule has 25 heavy (non-hydrogen) atoms. The van der Waals surface area contributed by atoms with E-state index in [1.54, 1.807) is 7.11 Å². The molecule has 0 fully saturated rings. The van der Waals surface area contributed by atoms with Crippen LogP contribution in [-0.4, -0.2) is 24.2 Å². The molecule has 1 aromatic carbocycles. The van der Waals surface area contributed by atoms with Gasteiger partial charge in [0.25, 0.3) is 5.91 Å². The molecule has 1 N–H and O–H groups in total. The average molecular weight is 344 g/mol. The summed E-state index contributed by atoms with van der Waals surface area (Å²) in [5.74, 6) is 1.33. The standard InChI is InChI=1S/C20H28N2O3/c1-6-7-12-25-18-11-9-16(13-19(18)24-5)15(3)21-20(23)17-10-8-14(2)22(17)4/h8-11,13,15H,6-7,12H2,1-5H3,(H,21,23). The SMILES string of the molecule is CCCCOc1ccc(C(C)NC(=O)c2ccc(C)n2C)cc1OC. The zero-order valence-corrected chi connectivity index (χ0v) is 15.8. The number of hydrogen-bond acceptors (Lipinski definition) is 3. The number of amides is 1. The molecule has 0 saturated carbocycles. The monoisotopic (exact) mass is 344 g/mol. The lowest BCUT2D eigenvalue weighted by molar-refractivity contribution is 0.0931. The van der Waals surface area contributed by atoms with Crippen molar-refractivity contribution in [1.29, 1.82) is 0 Å². The van der Waals surface area contributed by atoms with E-state index in [4.69, 9.17) is 9.47 Å². The smallest absolute Gasteiger partial charge is 0.268 e. The summed E-state index contributed by atoms with van der Waals surface area (Å²) in [4.78, 5) is 12.5. The fourth-order valence-corrected chi connectivity index (χ4v) is 2.59. The molecule has 5 heteroatoms. The van der Waals surface area contributed by atoms with Crippen LogP contribution in [-0.2, 0) is 7.05 Å². The van der Waals surface area contributed by atoms with Crippen LogP contribution >= 0.6 is 0 Å². The Bertz CT molecular complexity index is 722. The molecule has 136 valence electrons. The number of carbonyl (C=O) groups is 1. The molecule has 2 rings (SSSR count). The van der Waals surface area contributed by atoms with Crippen LogP contribution in [0.2, 0.25) is 0 Å². The van der Waals surface area contributed by atoms with Crippen molar-refractivity contribution in [2.45, 2.75) is 39.7 Å². The first-order chi connectivity index (χ1) is 12.0. The number of nitrogens with zero attached hydrogens (tertiary/aromatic N) is 1. The minimum Gasteiger partial charge on any atom is -0.493 e. The van der Waals surface area contributed by atoms with Gasteiger partial charge >= 0.3 is 0 Å². The summed E-state index contributed by atoms with van der Waals surface area (Å²) >= 11 is 0. The molecule has 0 radical (unpaired) electrons. The van der Waals surface area contributed by atoms with Gasteiger partial charge in [-0.15, -0.1) is 0 Å². The third-order valence-corrected chi connectivity index (χ3v) is 4.40. The Kier molecular flexibility index (Phi) is 6.51. The first kappa shape index (κ1) is 18.9. The Balaban J connectivity index is 2.09. The summed E-state index contributed by atoms with van der Waals surface area (Å²) in [6, 6.07) is 9.42. The van der Waals surface area contributed by atoms with Crippen molar-refractivity contribution >= 4 is 5.91 Å². The van der Waals surface area contributed by atoms with Gasteiger partial charge in [0, 0.05) is 12.7 Å². The lowest BCUT2D eigenvalue weighted by Gasteiger charge is -2.17. The van der Waals surface area contributed by atoms with Gasteiger partial charge in [0.15, 0.2) is 11.5 Å². The number of hydrogen-bond donors (Lipinski definition) is 1. The second-order valence-electron chi connectivity index (χ2n) is 6.23. The summed E-state index contributed by atoms with van der Waals surface area (Å²) < 4.78 is 13.1. The van der Waals surface area contributed by atoms with E-state index in [9.17, 15) is 4.79 Å². The molecule has 0 bridgehead atoms. The molecular weight excluding hydrogens is 316 g/mol. The van der Waals surface area contributed by atoms with Gasteiger partial charge in [-0.1, -0.05) is 19.4 Å². The largest absolute Gasteiger partial charge is 0.493 e. The zero-order chi connectivity index (χ0) is 18.4. The molecule has 5 nitrogen and oxygen atoms in total. The zero-order valence-electron chi connectivity index (χ0n) is 15.8. The van der Waals surface area contributed by atoms with Gasteiger partial charge in [-0.25, -0.2) is 0 Å². The lowest BCUT2D eigenvalue weighted by Crippen LogP contribution is -2.28. The molecule has 0 aliphatic carbocycles. The fourth-order valence-electron chi connectivity index (χ4n) is 2.59. The molecular formula is C20H28N2O3. The van der Waals surface area contributed by atoms with Gasteiger partial charge in [0.2, 0.25) is 0 Å². The predicted octanol–water partition coefficient (Wildman–Crippen LogP) is 4.01. The molecule has 0 saturated heterocycles. The minimum atomic E-state index is -0.138. The van der Waals surface area contributed by atoms with Crippen molar-refractivity contribution < 1.29 is 14.3 Å². The number of aromatic nitrogens is 1. The molecule has 1 atom stereocenters. The van der Waals surface area contributed by atoms with E-state index in [1.165, 1.54) is 0 Å². The van der Waals surface area contributed by atoms with E-state index in [0.29, 0.717) is 18.1 Å². The van der Waals surface area contributed by atoms with Crippen LogP contribution in [0.25, 0.3) is 0 Å². The van der Waals surface area contributed by atoms with Crippen molar-refractivity contribution in [2.75, 3.05) is 13.7 Å². The van der Waals surface area contributed by atoms with Crippen LogP contribution in [0.3, 0.4) is 0 Å². The number of ether oxygens (including phenoxy) is 2. The Morgan fingerprint density at radius 2 is 2.00 bits per heavy atom. The van der Waals surface area contributed by atoms with Crippen LogP contribution in [0.1, 0.15) is 54.5 Å². The Labute approximate surface area is 149 Å². The molecule has 0 spiro atoms. The fraction of sp³-hybridized carbons (Fsp3) is 0.450. The third kappa shape index (κ3) is 4.56. The second kappa shape index (κ2) is 8.60. The highest BCUT2D eigenvalue weighted by molar-refractivity contribution is 5.93. The van der Waals surface area contributed by atoms with Crippen molar-refractivity contribution in [3.05, 3.63) is 47.3 Å². The summed E-state index contributed by atoms with van der Waals surface area (Å²) in [6.07, 6.45) is 2.09. The summed E-state index contributed by atoms with van der Waals surface area (Å²) in [6.45, 7) is 6.73. The number of unbranched alkanes of at least 4 members (excludes halogenated alkanes) is 1. The van der Waals surface area contributed by atoms with E-state index in [0.717, 1.165) is 29.8 Å². The number of nitrogens with one attached hydrogen (secondary N) is 1. The highest BCUT2D eigenvalue weighted by Gasteiger charge is 2.16. The number of methoxy groups -OCH3 is 1. The minimum absolute atomic E-state index is 0.0923. The lowest BCUT2D eigenvalue weighted by atomic mass is 10.1. The van der Waals surface area contributed by atoms with E-state index in [1.807, 2.05) is 55.8 Å². The van der Waals surface area contributed by atoms with Gasteiger partial charge in [0.05, 0.1) is 19.8 Å². The van der Waals surface area contributed by atoms with E-state index in [-0.39, 0.29) is 11.9 Å². The predicted molar refractivity (Wildman–Crippen MR) is 99.4 cm³/mol. The quantitative estimate of drug-likeness (QED) is 0.736. The van der Waals surface area contributed by atoms with Crippen molar-refractivity contribution in [3.8, 4) is 11.5 Å². The second-order valence-corrected chi connectivity index (χ2v) is 6.23. The van der Waals surface area contributed by atoms with Gasteiger partial charge in [-0.2, -0.15) is 0 Å². The van der Waals surface area contributed by atoms with Crippen molar-refractivity contribution in [1.82, 2.24) is 9.88 Å². The maximum absolute atomic E-state index is 12.5. The van der Waals surface area contributed by atoms with Crippen LogP contribution in [0, 0.1) is 6.92 Å². The number of aryl methyl sites for hydroxylation is 1. The molecule has 0 aliphatic rings. The normalized spacial score (nSPS) is 11.9. The Hall–Kier alpha value is -2.43. The highest BCUT2D eigenvalue weighted by Crippen LogP contribution is 2.30.